The maximum atomic E-state index is 12.4. The predicted octanol–water partition coefficient (Wildman–Crippen LogP) is 4.55. The molecule has 4 N–H and O–H groups in total. The van der Waals surface area contributed by atoms with Crippen molar-refractivity contribution in [1.29, 1.82) is 0 Å². The van der Waals surface area contributed by atoms with E-state index >= 15 is 0 Å². The average molecular weight is 442 g/mol. The van der Waals surface area contributed by atoms with Gasteiger partial charge in [-0.15, -0.1) is 11.3 Å². The molecule has 2 aromatic rings. The van der Waals surface area contributed by atoms with Gasteiger partial charge in [-0.2, -0.15) is 0 Å². The highest BCUT2D eigenvalue weighted by Gasteiger charge is 2.24. The van der Waals surface area contributed by atoms with E-state index in [4.69, 9.17) is 41.2 Å². The summed E-state index contributed by atoms with van der Waals surface area (Å²) in [5.41, 5.74) is 7.28. The van der Waals surface area contributed by atoms with Crippen LogP contribution in [0.5, 0.6) is 0 Å². The van der Waals surface area contributed by atoms with Crippen LogP contribution >= 0.6 is 46.8 Å². The van der Waals surface area contributed by atoms with E-state index in [1.165, 1.54) is 11.3 Å². The summed E-state index contributed by atoms with van der Waals surface area (Å²) >= 11 is 18.7. The molecule has 1 heterocycles. The van der Waals surface area contributed by atoms with Crippen LogP contribution in [0.1, 0.15) is 50.4 Å². The number of hydrogen-bond donors (Lipinski definition) is 3. The second-order valence-corrected chi connectivity index (χ2v) is 8.44. The maximum absolute atomic E-state index is 12.4. The summed E-state index contributed by atoms with van der Waals surface area (Å²) in [5, 5.41) is 6.57. The molecule has 0 spiro atoms. The topological polar surface area (TPSA) is 84.2 Å². The molecular formula is C18H17Cl2N3O2S2. The number of halogens is 2. The number of carbonyl (C=O) groups is 2. The van der Waals surface area contributed by atoms with Crippen LogP contribution in [0.25, 0.3) is 0 Å². The lowest BCUT2D eigenvalue weighted by atomic mass is 10.1. The zero-order valence-electron chi connectivity index (χ0n) is 14.2. The number of fused-ring (bicyclic) bond motifs is 1. The van der Waals surface area contributed by atoms with Crippen molar-refractivity contribution in [3.05, 3.63) is 49.8 Å². The molecule has 0 saturated carbocycles. The van der Waals surface area contributed by atoms with E-state index < -0.39 is 11.8 Å². The third-order valence-electron chi connectivity index (χ3n) is 4.32. The van der Waals surface area contributed by atoms with Crippen LogP contribution in [0, 0.1) is 0 Å². The number of thiocarbonyl (C=S) groups is 1. The number of aryl methyl sites for hydroxylation is 1. The van der Waals surface area contributed by atoms with Crippen molar-refractivity contribution in [2.24, 2.45) is 5.73 Å². The molecule has 1 aliphatic rings. The molecule has 2 amide bonds. The van der Waals surface area contributed by atoms with Gasteiger partial charge in [0.25, 0.3) is 11.8 Å². The quantitative estimate of drug-likeness (QED) is 0.481. The van der Waals surface area contributed by atoms with Crippen molar-refractivity contribution < 1.29 is 9.59 Å². The number of thiophene rings is 1. The van der Waals surface area contributed by atoms with Crippen molar-refractivity contribution in [2.45, 2.75) is 32.1 Å². The van der Waals surface area contributed by atoms with Gasteiger partial charge in [0, 0.05) is 4.88 Å². The highest BCUT2D eigenvalue weighted by Crippen LogP contribution is 2.37. The van der Waals surface area contributed by atoms with Gasteiger partial charge < -0.3 is 11.1 Å². The fraction of sp³-hybridized carbons (Fsp3) is 0.278. The van der Waals surface area contributed by atoms with Crippen molar-refractivity contribution in [2.75, 3.05) is 5.32 Å². The van der Waals surface area contributed by atoms with Crippen LogP contribution in [0.15, 0.2) is 18.2 Å². The summed E-state index contributed by atoms with van der Waals surface area (Å²) in [5.74, 6) is -0.984. The van der Waals surface area contributed by atoms with Gasteiger partial charge in [0.2, 0.25) is 0 Å². The van der Waals surface area contributed by atoms with E-state index in [-0.39, 0.29) is 20.7 Å². The van der Waals surface area contributed by atoms with Gasteiger partial charge in [0.15, 0.2) is 5.11 Å². The van der Waals surface area contributed by atoms with Gasteiger partial charge in [0.1, 0.15) is 5.00 Å². The predicted molar refractivity (Wildman–Crippen MR) is 114 cm³/mol. The first-order valence-corrected chi connectivity index (χ1v) is 10.4. The Morgan fingerprint density at radius 1 is 1.15 bits per heavy atom. The standard InChI is InChI=1S/C18H17Cl2N3O2S2/c19-11-7-4-6-10(14(11)20)16(25)22-18(26)23-17-13(15(21)24)9-5-2-1-3-8-12(9)27-17/h4,6-7H,1-3,5,8H2,(H2,21,24)(H2,22,23,25,26). The average Bonchev–Trinajstić information content (AvgIpc) is 2.78. The second-order valence-electron chi connectivity index (χ2n) is 6.14. The lowest BCUT2D eigenvalue weighted by Crippen LogP contribution is -2.34. The van der Waals surface area contributed by atoms with Crippen LogP contribution in [0.2, 0.25) is 10.0 Å². The van der Waals surface area contributed by atoms with Crippen molar-refractivity contribution in [3.8, 4) is 0 Å². The molecule has 0 aliphatic heterocycles. The highest BCUT2D eigenvalue weighted by molar-refractivity contribution is 7.80. The number of anilines is 1. The van der Waals surface area contributed by atoms with Gasteiger partial charge in [-0.05, 0) is 55.6 Å². The van der Waals surface area contributed by atoms with Gasteiger partial charge in [-0.3, -0.25) is 14.9 Å². The van der Waals surface area contributed by atoms with Crippen molar-refractivity contribution in [1.82, 2.24) is 5.32 Å². The number of hydrogen-bond acceptors (Lipinski definition) is 4. The Balaban J connectivity index is 1.79. The van der Waals surface area contributed by atoms with E-state index in [0.29, 0.717) is 10.6 Å². The summed E-state index contributed by atoms with van der Waals surface area (Å²) in [6, 6.07) is 4.77. The first-order chi connectivity index (χ1) is 12.9. The largest absolute Gasteiger partial charge is 0.365 e. The first kappa shape index (κ1) is 20.1. The summed E-state index contributed by atoms with van der Waals surface area (Å²) in [7, 11) is 0. The number of benzene rings is 1. The molecule has 1 aromatic heterocycles. The number of amides is 2. The molecule has 0 bridgehead atoms. The molecule has 0 atom stereocenters. The number of rotatable bonds is 3. The lowest BCUT2D eigenvalue weighted by Gasteiger charge is -2.11. The molecule has 5 nitrogen and oxygen atoms in total. The minimum absolute atomic E-state index is 0.0648. The zero-order valence-corrected chi connectivity index (χ0v) is 17.4. The Morgan fingerprint density at radius 2 is 1.89 bits per heavy atom. The molecular weight excluding hydrogens is 425 g/mol. The van der Waals surface area contributed by atoms with E-state index in [1.807, 2.05) is 0 Å². The molecule has 0 radical (unpaired) electrons. The van der Waals surface area contributed by atoms with Gasteiger partial charge in [-0.25, -0.2) is 0 Å². The van der Waals surface area contributed by atoms with Crippen LogP contribution < -0.4 is 16.4 Å². The van der Waals surface area contributed by atoms with E-state index in [2.05, 4.69) is 10.6 Å². The molecule has 1 aliphatic carbocycles. The smallest absolute Gasteiger partial charge is 0.258 e. The summed E-state index contributed by atoms with van der Waals surface area (Å²) in [6.45, 7) is 0. The first-order valence-electron chi connectivity index (χ1n) is 8.39. The Bertz CT molecular complexity index is 928. The van der Waals surface area contributed by atoms with E-state index in [0.717, 1.165) is 42.5 Å². The minimum atomic E-state index is -0.496. The van der Waals surface area contributed by atoms with E-state index in [1.54, 1.807) is 18.2 Å². The molecule has 0 fully saturated rings. The molecule has 9 heteroatoms. The van der Waals surface area contributed by atoms with Crippen LogP contribution in [-0.4, -0.2) is 16.9 Å². The van der Waals surface area contributed by atoms with Crippen molar-refractivity contribution >= 4 is 68.7 Å². The van der Waals surface area contributed by atoms with E-state index in [9.17, 15) is 9.59 Å². The SMILES string of the molecule is NC(=O)c1c(NC(=S)NC(=O)c2cccc(Cl)c2Cl)sc2c1CCCCC2. The number of nitrogens with one attached hydrogen (secondary N) is 2. The number of nitrogens with two attached hydrogens (primary N) is 1. The lowest BCUT2D eigenvalue weighted by molar-refractivity contribution is 0.0975. The zero-order chi connectivity index (χ0) is 19.6. The Labute approximate surface area is 176 Å². The minimum Gasteiger partial charge on any atom is -0.365 e. The Morgan fingerprint density at radius 3 is 2.63 bits per heavy atom. The fourth-order valence-corrected chi connectivity index (χ4v) is 5.02. The van der Waals surface area contributed by atoms with Crippen molar-refractivity contribution in [3.63, 3.8) is 0 Å². The number of carbonyl (C=O) groups excluding carboxylic acids is 2. The molecule has 1 aromatic carbocycles. The maximum Gasteiger partial charge on any atom is 0.258 e. The summed E-state index contributed by atoms with van der Waals surface area (Å²) in [6.07, 6.45) is 4.98. The third-order valence-corrected chi connectivity index (χ3v) is 6.55. The summed E-state index contributed by atoms with van der Waals surface area (Å²) in [4.78, 5) is 25.6. The van der Waals surface area contributed by atoms with Crippen LogP contribution in [0.4, 0.5) is 5.00 Å². The molecule has 142 valence electrons. The Hall–Kier alpha value is -1.67. The monoisotopic (exact) mass is 441 g/mol. The molecule has 0 saturated heterocycles. The number of primary amides is 1. The third kappa shape index (κ3) is 4.43. The summed E-state index contributed by atoms with van der Waals surface area (Å²) < 4.78 is 0. The van der Waals surface area contributed by atoms with Gasteiger partial charge >= 0.3 is 0 Å². The molecule has 27 heavy (non-hydrogen) atoms. The van der Waals surface area contributed by atoms with Gasteiger partial charge in [0.05, 0.1) is 21.2 Å². The van der Waals surface area contributed by atoms with Crippen LogP contribution in [0.3, 0.4) is 0 Å². The molecule has 0 unspecified atom stereocenters. The molecule has 3 rings (SSSR count). The fourth-order valence-electron chi connectivity index (χ4n) is 3.08. The van der Waals surface area contributed by atoms with Gasteiger partial charge in [-0.1, -0.05) is 35.7 Å². The Kier molecular flexibility index (Phi) is 6.37. The normalized spacial score (nSPS) is 13.4. The highest BCUT2D eigenvalue weighted by atomic mass is 35.5. The van der Waals surface area contributed by atoms with Crippen LogP contribution in [-0.2, 0) is 12.8 Å². The second kappa shape index (κ2) is 8.56.